The third kappa shape index (κ3) is 3.50. The largest absolute Gasteiger partial charge is 0.328 e. The summed E-state index contributed by atoms with van der Waals surface area (Å²) in [6.45, 7) is 5.27. The van der Waals surface area contributed by atoms with Gasteiger partial charge in [-0.2, -0.15) is 0 Å². The number of aryl methyl sites for hydroxylation is 2. The van der Waals surface area contributed by atoms with Gasteiger partial charge in [-0.1, -0.05) is 24.1 Å². The molecule has 0 radical (unpaired) electrons. The molecule has 1 N–H and O–H groups in total. The van der Waals surface area contributed by atoms with Crippen molar-refractivity contribution in [1.82, 2.24) is 14.1 Å². The normalized spacial score (nSPS) is 13.0. The molecule has 0 unspecified atom stereocenters. The summed E-state index contributed by atoms with van der Waals surface area (Å²) in [6, 6.07) is 12.9. The number of benzene rings is 2. The lowest BCUT2D eigenvalue weighted by atomic mass is 9.99. The molecule has 7 heteroatoms. The summed E-state index contributed by atoms with van der Waals surface area (Å²) < 4.78 is 20.9. The molecule has 4 aromatic rings. The Labute approximate surface area is 190 Å². The molecule has 0 saturated heterocycles. The Morgan fingerprint density at radius 3 is 2.69 bits per heavy atom. The maximum Gasteiger partial charge on any atom is 0.253 e. The molecule has 5 nitrogen and oxygen atoms in total. The molecule has 0 fully saturated rings. The lowest BCUT2D eigenvalue weighted by Gasteiger charge is -2.15. The second-order valence-corrected chi connectivity index (χ2v) is 8.93. The quantitative estimate of drug-likeness (QED) is 0.421. The van der Waals surface area contributed by atoms with Gasteiger partial charge in [0.1, 0.15) is 17.2 Å². The van der Waals surface area contributed by atoms with E-state index >= 15 is 0 Å². The third-order valence-corrected chi connectivity index (χ3v) is 6.62. The van der Waals surface area contributed by atoms with Crippen LogP contribution in [0.25, 0.3) is 22.2 Å². The highest BCUT2D eigenvalue weighted by Crippen LogP contribution is 2.35. The van der Waals surface area contributed by atoms with Crippen LogP contribution in [0, 0.1) is 19.7 Å². The van der Waals surface area contributed by atoms with E-state index < -0.39 is 0 Å². The zero-order valence-corrected chi connectivity index (χ0v) is 19.2. The molecule has 0 aliphatic carbocycles. The molecule has 0 atom stereocenters. The van der Waals surface area contributed by atoms with E-state index in [1.54, 1.807) is 0 Å². The topological polar surface area (TPSA) is 51.9 Å². The summed E-state index contributed by atoms with van der Waals surface area (Å²) in [4.78, 5) is 17.5. The summed E-state index contributed by atoms with van der Waals surface area (Å²) in [7, 11) is 0. The van der Waals surface area contributed by atoms with Gasteiger partial charge >= 0.3 is 0 Å². The molecule has 32 heavy (non-hydrogen) atoms. The number of halogens is 1. The van der Waals surface area contributed by atoms with Gasteiger partial charge in [-0.15, -0.1) is 0 Å². The summed E-state index contributed by atoms with van der Waals surface area (Å²) in [5.41, 5.74) is 8.05. The Kier molecular flexibility index (Phi) is 5.29. The van der Waals surface area contributed by atoms with E-state index in [0.29, 0.717) is 6.54 Å². The third-order valence-electron chi connectivity index (χ3n) is 6.20. The first-order valence-electron chi connectivity index (χ1n) is 10.7. The van der Waals surface area contributed by atoms with E-state index in [4.69, 9.17) is 4.98 Å². The maximum atomic E-state index is 13.4. The Morgan fingerprint density at radius 2 is 1.94 bits per heavy atom. The number of nitrogens with one attached hydrogen (secondary N) is 1. The fourth-order valence-electron chi connectivity index (χ4n) is 4.66. The predicted molar refractivity (Wildman–Crippen MR) is 130 cm³/mol. The number of pyridine rings is 1. The van der Waals surface area contributed by atoms with Crippen LogP contribution in [0.4, 0.5) is 10.1 Å². The minimum absolute atomic E-state index is 0.113. The van der Waals surface area contributed by atoms with Gasteiger partial charge < -0.3 is 13.9 Å². The molecule has 2 aromatic heterocycles. The molecule has 0 spiro atoms. The molecule has 0 bridgehead atoms. The molecule has 1 aliphatic rings. The van der Waals surface area contributed by atoms with Crippen molar-refractivity contribution in [2.45, 2.75) is 39.8 Å². The highest BCUT2D eigenvalue weighted by molar-refractivity contribution is 7.99. The van der Waals surface area contributed by atoms with Crippen LogP contribution >= 0.6 is 11.9 Å². The Hall–Kier alpha value is -3.06. The number of anilines is 1. The SMILES string of the molecule is CSNc1cc(-c2cc(C)c(=O)n3c2CCC3)cc2c1nc(C)n2Cc1ccc(F)cc1. The molecule has 164 valence electrons. The molecule has 3 heterocycles. The predicted octanol–water partition coefficient (Wildman–Crippen LogP) is 5.31. The van der Waals surface area contributed by atoms with Crippen LogP contribution in [0.15, 0.2) is 47.3 Å². The standard InChI is InChI=1S/C25H25FN4OS/c1-15-11-20(22-5-4-10-29(22)25(15)31)18-12-21(28-32-3)24-23(13-18)30(16(2)27-24)14-17-6-8-19(26)9-7-17/h6-9,11-13,28H,4-5,10,14H2,1-3H3. The van der Waals surface area contributed by atoms with Crippen LogP contribution in [0.3, 0.4) is 0 Å². The summed E-state index contributed by atoms with van der Waals surface area (Å²) >= 11 is 1.53. The number of fused-ring (bicyclic) bond motifs is 2. The van der Waals surface area contributed by atoms with Crippen LogP contribution < -0.4 is 10.3 Å². The molecule has 1 aliphatic heterocycles. The van der Waals surface area contributed by atoms with Crippen molar-refractivity contribution in [3.8, 4) is 11.1 Å². The van der Waals surface area contributed by atoms with Gasteiger partial charge in [0.05, 0.1) is 11.2 Å². The van der Waals surface area contributed by atoms with E-state index in [2.05, 4.69) is 21.4 Å². The highest BCUT2D eigenvalue weighted by Gasteiger charge is 2.21. The zero-order chi connectivity index (χ0) is 22.4. The summed E-state index contributed by atoms with van der Waals surface area (Å²) in [5, 5.41) is 0. The van der Waals surface area contributed by atoms with Crippen molar-refractivity contribution in [2.75, 3.05) is 11.0 Å². The number of aromatic nitrogens is 3. The average Bonchev–Trinajstić information content (AvgIpc) is 3.38. The van der Waals surface area contributed by atoms with Crippen molar-refractivity contribution in [1.29, 1.82) is 0 Å². The van der Waals surface area contributed by atoms with Gasteiger partial charge in [0.15, 0.2) is 0 Å². The van der Waals surface area contributed by atoms with Crippen LogP contribution in [0.2, 0.25) is 0 Å². The molecular formula is C25H25FN4OS. The van der Waals surface area contributed by atoms with Crippen LogP contribution in [0.5, 0.6) is 0 Å². The zero-order valence-electron chi connectivity index (χ0n) is 18.4. The lowest BCUT2D eigenvalue weighted by Crippen LogP contribution is -2.22. The van der Waals surface area contributed by atoms with Crippen LogP contribution in [0.1, 0.15) is 29.1 Å². The van der Waals surface area contributed by atoms with Crippen molar-refractivity contribution in [3.63, 3.8) is 0 Å². The second-order valence-electron chi connectivity index (χ2n) is 8.32. The number of hydrogen-bond donors (Lipinski definition) is 1. The monoisotopic (exact) mass is 448 g/mol. The first kappa shape index (κ1) is 20.8. The van der Waals surface area contributed by atoms with Crippen molar-refractivity contribution < 1.29 is 4.39 Å². The minimum atomic E-state index is -0.238. The van der Waals surface area contributed by atoms with E-state index in [-0.39, 0.29) is 11.4 Å². The van der Waals surface area contributed by atoms with Crippen molar-refractivity contribution in [3.05, 3.63) is 81.3 Å². The van der Waals surface area contributed by atoms with Gasteiger partial charge in [-0.3, -0.25) is 4.79 Å². The Bertz CT molecular complexity index is 1390. The Morgan fingerprint density at radius 1 is 1.16 bits per heavy atom. The number of imidazole rings is 1. The molecule has 5 rings (SSSR count). The molecule has 0 saturated carbocycles. The first-order chi connectivity index (χ1) is 15.5. The lowest BCUT2D eigenvalue weighted by molar-refractivity contribution is 0.626. The fourth-order valence-corrected chi connectivity index (χ4v) is 5.03. The maximum absolute atomic E-state index is 13.4. The van der Waals surface area contributed by atoms with Gasteiger partial charge in [-0.05, 0) is 68.1 Å². The van der Waals surface area contributed by atoms with E-state index in [1.807, 2.05) is 42.9 Å². The molecule has 0 amide bonds. The van der Waals surface area contributed by atoms with Gasteiger partial charge in [-0.25, -0.2) is 9.37 Å². The van der Waals surface area contributed by atoms with Gasteiger partial charge in [0.2, 0.25) is 0 Å². The second kappa shape index (κ2) is 8.13. The number of nitrogens with zero attached hydrogens (tertiary/aromatic N) is 3. The number of hydrogen-bond acceptors (Lipinski definition) is 4. The first-order valence-corrected chi connectivity index (χ1v) is 12.0. The van der Waals surface area contributed by atoms with Gasteiger partial charge in [0, 0.05) is 36.2 Å². The van der Waals surface area contributed by atoms with E-state index in [0.717, 1.165) is 69.9 Å². The van der Waals surface area contributed by atoms with Crippen molar-refractivity contribution >= 4 is 28.7 Å². The summed E-state index contributed by atoms with van der Waals surface area (Å²) in [6.07, 6.45) is 3.89. The average molecular weight is 449 g/mol. The van der Waals surface area contributed by atoms with Crippen molar-refractivity contribution in [2.24, 2.45) is 0 Å². The van der Waals surface area contributed by atoms with E-state index in [9.17, 15) is 9.18 Å². The molecular weight excluding hydrogens is 423 g/mol. The van der Waals surface area contributed by atoms with E-state index in [1.165, 1.54) is 24.1 Å². The van der Waals surface area contributed by atoms with Crippen LogP contribution in [-0.4, -0.2) is 20.4 Å². The Balaban J connectivity index is 1.72. The minimum Gasteiger partial charge on any atom is -0.328 e. The number of rotatable bonds is 5. The van der Waals surface area contributed by atoms with Gasteiger partial charge in [0.25, 0.3) is 5.56 Å². The summed E-state index contributed by atoms with van der Waals surface area (Å²) in [5.74, 6) is 0.662. The smallest absolute Gasteiger partial charge is 0.253 e. The molecule has 2 aromatic carbocycles. The fraction of sp³-hybridized carbons (Fsp3) is 0.280. The van der Waals surface area contributed by atoms with Crippen LogP contribution in [-0.2, 0) is 19.5 Å². The highest BCUT2D eigenvalue weighted by atomic mass is 32.2.